The highest BCUT2D eigenvalue weighted by atomic mass is 16.6. The molecule has 1 atom stereocenters. The molecular formula is C21H25NO6. The van der Waals surface area contributed by atoms with Crippen LogP contribution >= 0.6 is 0 Å². The van der Waals surface area contributed by atoms with Crippen LogP contribution in [0.15, 0.2) is 48.5 Å². The topological polar surface area (TPSA) is 83.1 Å². The number of carbonyl (C=O) groups excluding carboxylic acids is 2. The molecule has 7 nitrogen and oxygen atoms in total. The van der Waals surface area contributed by atoms with E-state index in [0.717, 1.165) is 5.56 Å². The van der Waals surface area contributed by atoms with Crippen molar-refractivity contribution in [2.75, 3.05) is 20.8 Å². The van der Waals surface area contributed by atoms with Crippen LogP contribution < -0.4 is 19.5 Å². The van der Waals surface area contributed by atoms with Gasteiger partial charge in [0.1, 0.15) is 5.75 Å². The molecule has 2 aromatic rings. The SMILES string of the molecule is COc1ccc(CNC(=O)[C@@H](C)OC(=O)CCOc2ccccc2)cc1OC. The molecule has 0 aliphatic rings. The maximum Gasteiger partial charge on any atom is 0.310 e. The number of ether oxygens (including phenoxy) is 4. The zero-order valence-electron chi connectivity index (χ0n) is 16.3. The van der Waals surface area contributed by atoms with Gasteiger partial charge < -0.3 is 24.3 Å². The molecular weight excluding hydrogens is 362 g/mol. The van der Waals surface area contributed by atoms with Crippen molar-refractivity contribution in [3.05, 3.63) is 54.1 Å². The minimum absolute atomic E-state index is 0.0577. The Hall–Kier alpha value is -3.22. The Morgan fingerprint density at radius 2 is 1.71 bits per heavy atom. The van der Waals surface area contributed by atoms with Crippen LogP contribution in [0.25, 0.3) is 0 Å². The van der Waals surface area contributed by atoms with Crippen LogP contribution in [0.4, 0.5) is 0 Å². The summed E-state index contributed by atoms with van der Waals surface area (Å²) in [6.07, 6.45) is -0.841. The van der Waals surface area contributed by atoms with Gasteiger partial charge in [-0.25, -0.2) is 0 Å². The third-order valence-corrected chi connectivity index (χ3v) is 3.91. The number of esters is 1. The first-order chi connectivity index (χ1) is 13.5. The Morgan fingerprint density at radius 3 is 2.39 bits per heavy atom. The van der Waals surface area contributed by atoms with Crippen molar-refractivity contribution >= 4 is 11.9 Å². The molecule has 2 aromatic carbocycles. The lowest BCUT2D eigenvalue weighted by atomic mass is 10.2. The van der Waals surface area contributed by atoms with E-state index in [9.17, 15) is 9.59 Å². The Morgan fingerprint density at radius 1 is 1.00 bits per heavy atom. The van der Waals surface area contributed by atoms with E-state index in [0.29, 0.717) is 17.2 Å². The molecule has 2 rings (SSSR count). The van der Waals surface area contributed by atoms with E-state index in [1.807, 2.05) is 24.3 Å². The number of nitrogens with one attached hydrogen (secondary N) is 1. The van der Waals surface area contributed by atoms with Crippen LogP contribution in [0.2, 0.25) is 0 Å². The highest BCUT2D eigenvalue weighted by Gasteiger charge is 2.17. The van der Waals surface area contributed by atoms with Gasteiger partial charge in [-0.15, -0.1) is 0 Å². The van der Waals surface area contributed by atoms with E-state index in [2.05, 4.69) is 5.32 Å². The van der Waals surface area contributed by atoms with Crippen LogP contribution in [0, 0.1) is 0 Å². The molecule has 0 unspecified atom stereocenters. The maximum atomic E-state index is 12.1. The van der Waals surface area contributed by atoms with Gasteiger partial charge in [0.25, 0.3) is 5.91 Å². The summed E-state index contributed by atoms with van der Waals surface area (Å²) in [6, 6.07) is 14.5. The largest absolute Gasteiger partial charge is 0.493 e. The van der Waals surface area contributed by atoms with Crippen LogP contribution in [0.3, 0.4) is 0 Å². The minimum Gasteiger partial charge on any atom is -0.493 e. The predicted octanol–water partition coefficient (Wildman–Crippen LogP) is 2.72. The number of hydrogen-bond donors (Lipinski definition) is 1. The fourth-order valence-corrected chi connectivity index (χ4v) is 2.40. The van der Waals surface area contributed by atoms with Crippen molar-refractivity contribution in [3.63, 3.8) is 0 Å². The quantitative estimate of drug-likeness (QED) is 0.631. The first-order valence-corrected chi connectivity index (χ1v) is 8.89. The van der Waals surface area contributed by atoms with Crippen molar-refractivity contribution < 1.29 is 28.5 Å². The van der Waals surface area contributed by atoms with Crippen LogP contribution in [-0.4, -0.2) is 38.8 Å². The second kappa shape index (κ2) is 10.8. The fourth-order valence-electron chi connectivity index (χ4n) is 2.40. The van der Waals surface area contributed by atoms with Crippen LogP contribution in [-0.2, 0) is 20.9 Å². The normalized spacial score (nSPS) is 11.2. The molecule has 0 saturated carbocycles. The molecule has 150 valence electrons. The summed E-state index contributed by atoms with van der Waals surface area (Å²) in [4.78, 5) is 24.0. The summed E-state index contributed by atoms with van der Waals surface area (Å²) in [5, 5.41) is 2.73. The molecule has 0 spiro atoms. The lowest BCUT2D eigenvalue weighted by Gasteiger charge is -2.14. The van der Waals surface area contributed by atoms with Gasteiger partial charge in [0.15, 0.2) is 17.6 Å². The molecule has 0 fully saturated rings. The van der Waals surface area contributed by atoms with Gasteiger partial charge in [-0.05, 0) is 36.8 Å². The number of carbonyl (C=O) groups is 2. The Labute approximate surface area is 164 Å². The lowest BCUT2D eigenvalue weighted by Crippen LogP contribution is -2.35. The third kappa shape index (κ3) is 6.50. The summed E-state index contributed by atoms with van der Waals surface area (Å²) in [6.45, 7) is 1.99. The number of hydrogen-bond acceptors (Lipinski definition) is 6. The van der Waals surface area contributed by atoms with Crippen molar-refractivity contribution in [1.29, 1.82) is 0 Å². The summed E-state index contributed by atoms with van der Waals surface area (Å²) < 4.78 is 21.0. The Kier molecular flexibility index (Phi) is 8.14. The average Bonchev–Trinajstić information content (AvgIpc) is 2.72. The number of rotatable bonds is 10. The zero-order valence-corrected chi connectivity index (χ0v) is 16.3. The zero-order chi connectivity index (χ0) is 20.4. The molecule has 7 heteroatoms. The van der Waals surface area contributed by atoms with E-state index in [4.69, 9.17) is 18.9 Å². The number of para-hydroxylation sites is 1. The predicted molar refractivity (Wildman–Crippen MR) is 104 cm³/mol. The average molecular weight is 387 g/mol. The summed E-state index contributed by atoms with van der Waals surface area (Å²) in [5.41, 5.74) is 0.834. The van der Waals surface area contributed by atoms with Crippen molar-refractivity contribution in [2.24, 2.45) is 0 Å². The molecule has 1 N–H and O–H groups in total. The van der Waals surface area contributed by atoms with Gasteiger partial charge in [0.05, 0.1) is 27.2 Å². The standard InChI is InChI=1S/C21H25NO6/c1-15(28-20(23)11-12-27-17-7-5-4-6-8-17)21(24)22-14-16-9-10-18(25-2)19(13-16)26-3/h4-10,13,15H,11-12,14H2,1-3H3,(H,22,24)/t15-/m1/s1. The van der Waals surface area contributed by atoms with Gasteiger partial charge in [0.2, 0.25) is 0 Å². The van der Waals surface area contributed by atoms with Gasteiger partial charge in [-0.2, -0.15) is 0 Å². The van der Waals surface area contributed by atoms with E-state index < -0.39 is 12.1 Å². The third-order valence-electron chi connectivity index (χ3n) is 3.91. The molecule has 0 heterocycles. The number of amides is 1. The van der Waals surface area contributed by atoms with E-state index in [1.54, 1.807) is 38.5 Å². The molecule has 0 saturated heterocycles. The number of benzene rings is 2. The molecule has 0 aliphatic carbocycles. The maximum absolute atomic E-state index is 12.1. The monoisotopic (exact) mass is 387 g/mol. The highest BCUT2D eigenvalue weighted by Crippen LogP contribution is 2.27. The highest BCUT2D eigenvalue weighted by molar-refractivity contribution is 5.83. The van der Waals surface area contributed by atoms with Crippen LogP contribution in [0.5, 0.6) is 17.2 Å². The second-order valence-corrected chi connectivity index (χ2v) is 5.95. The molecule has 0 aromatic heterocycles. The smallest absolute Gasteiger partial charge is 0.310 e. The summed E-state index contributed by atoms with van der Waals surface area (Å²) >= 11 is 0. The van der Waals surface area contributed by atoms with Crippen molar-refractivity contribution in [2.45, 2.75) is 26.0 Å². The van der Waals surface area contributed by atoms with Gasteiger partial charge in [-0.3, -0.25) is 9.59 Å². The minimum atomic E-state index is -0.899. The Bertz CT molecular complexity index is 778. The van der Waals surface area contributed by atoms with Gasteiger partial charge >= 0.3 is 5.97 Å². The summed E-state index contributed by atoms with van der Waals surface area (Å²) in [5.74, 6) is 0.984. The Balaban J connectivity index is 1.73. The van der Waals surface area contributed by atoms with E-state index >= 15 is 0 Å². The summed E-state index contributed by atoms with van der Waals surface area (Å²) in [7, 11) is 3.10. The molecule has 1 amide bonds. The molecule has 0 radical (unpaired) electrons. The fraction of sp³-hybridized carbons (Fsp3) is 0.333. The molecule has 0 aliphatic heterocycles. The van der Waals surface area contributed by atoms with Crippen LogP contribution in [0.1, 0.15) is 18.9 Å². The molecule has 0 bridgehead atoms. The van der Waals surface area contributed by atoms with Gasteiger partial charge in [0, 0.05) is 6.54 Å². The van der Waals surface area contributed by atoms with Crippen molar-refractivity contribution in [3.8, 4) is 17.2 Å². The number of methoxy groups -OCH3 is 2. The van der Waals surface area contributed by atoms with E-state index in [1.165, 1.54) is 6.92 Å². The first kappa shape index (κ1) is 21.1. The van der Waals surface area contributed by atoms with E-state index in [-0.39, 0.29) is 25.5 Å². The second-order valence-electron chi connectivity index (χ2n) is 5.95. The van der Waals surface area contributed by atoms with Gasteiger partial charge in [-0.1, -0.05) is 24.3 Å². The first-order valence-electron chi connectivity index (χ1n) is 8.89. The molecule has 28 heavy (non-hydrogen) atoms. The lowest BCUT2D eigenvalue weighted by molar-refractivity contribution is -0.155. The van der Waals surface area contributed by atoms with Crippen molar-refractivity contribution in [1.82, 2.24) is 5.32 Å².